The molecule has 0 radical (unpaired) electrons. The molecule has 0 saturated heterocycles. The summed E-state index contributed by atoms with van der Waals surface area (Å²) in [6.45, 7) is 0. The second-order valence-electron chi connectivity index (χ2n) is 4.06. The van der Waals surface area contributed by atoms with E-state index in [0.29, 0.717) is 28.2 Å². The molecule has 0 unspecified atom stereocenters. The van der Waals surface area contributed by atoms with Crippen molar-refractivity contribution in [1.29, 1.82) is 0 Å². The van der Waals surface area contributed by atoms with Crippen LogP contribution in [0.25, 0.3) is 0 Å². The molecule has 22 heavy (non-hydrogen) atoms. The number of methoxy groups -OCH3 is 3. The van der Waals surface area contributed by atoms with E-state index in [1.54, 1.807) is 51.8 Å². The third-order valence-corrected chi connectivity index (χ3v) is 2.95. The van der Waals surface area contributed by atoms with Crippen molar-refractivity contribution in [2.24, 2.45) is 5.10 Å². The summed E-state index contributed by atoms with van der Waals surface area (Å²) >= 11 is 5.66. The Morgan fingerprint density at radius 2 is 1.68 bits per heavy atom. The van der Waals surface area contributed by atoms with Gasteiger partial charge in [-0.3, -0.25) is 5.43 Å². The van der Waals surface area contributed by atoms with Gasteiger partial charge in [-0.25, -0.2) is 0 Å². The molecule has 0 aliphatic rings. The fourth-order valence-electron chi connectivity index (χ4n) is 1.70. The van der Waals surface area contributed by atoms with E-state index in [4.69, 9.17) is 25.8 Å². The number of hydrogen-bond donors (Lipinski definition) is 1. The summed E-state index contributed by atoms with van der Waals surface area (Å²) < 4.78 is 15.8. The maximum absolute atomic E-state index is 5.66. The topological polar surface area (TPSA) is 77.9 Å². The van der Waals surface area contributed by atoms with Gasteiger partial charge >= 0.3 is 0 Å². The highest BCUT2D eigenvalue weighted by Crippen LogP contribution is 2.33. The van der Waals surface area contributed by atoms with Crippen molar-refractivity contribution >= 4 is 23.6 Å². The molecule has 0 bridgehead atoms. The van der Waals surface area contributed by atoms with Crippen LogP contribution >= 0.6 is 11.6 Å². The van der Waals surface area contributed by atoms with Crippen LogP contribution in [0.1, 0.15) is 5.56 Å². The summed E-state index contributed by atoms with van der Waals surface area (Å²) in [6, 6.07) is 6.76. The lowest BCUT2D eigenvalue weighted by Crippen LogP contribution is -1.98. The number of rotatable bonds is 6. The van der Waals surface area contributed by atoms with Crippen LogP contribution in [-0.4, -0.2) is 37.7 Å². The number of benzene rings is 1. The molecular weight excluding hydrogens is 308 g/mol. The van der Waals surface area contributed by atoms with Crippen molar-refractivity contribution in [3.8, 4) is 17.2 Å². The summed E-state index contributed by atoms with van der Waals surface area (Å²) in [6.07, 6.45) is 1.58. The third-order valence-electron chi connectivity index (χ3n) is 2.75. The van der Waals surface area contributed by atoms with Gasteiger partial charge in [-0.1, -0.05) is 11.6 Å². The molecule has 7 nitrogen and oxygen atoms in total. The van der Waals surface area contributed by atoms with Crippen molar-refractivity contribution < 1.29 is 14.2 Å². The average molecular weight is 323 g/mol. The van der Waals surface area contributed by atoms with E-state index in [-0.39, 0.29) is 0 Å². The van der Waals surface area contributed by atoms with Crippen LogP contribution in [0.5, 0.6) is 17.2 Å². The van der Waals surface area contributed by atoms with Gasteiger partial charge in [-0.2, -0.15) is 5.10 Å². The predicted octanol–water partition coefficient (Wildman–Crippen LogP) is 2.60. The predicted molar refractivity (Wildman–Crippen MR) is 84.4 cm³/mol. The summed E-state index contributed by atoms with van der Waals surface area (Å²) in [5, 5.41) is 11.9. The minimum atomic E-state index is 0.316. The first kappa shape index (κ1) is 15.8. The molecule has 2 rings (SSSR count). The lowest BCUT2D eigenvalue weighted by Gasteiger charge is -2.11. The number of nitrogens with one attached hydrogen (secondary N) is 1. The Hall–Kier alpha value is -2.54. The Morgan fingerprint density at radius 3 is 2.27 bits per heavy atom. The number of anilines is 1. The molecule has 0 aliphatic heterocycles. The highest BCUT2D eigenvalue weighted by Gasteiger charge is 2.10. The Kier molecular flexibility index (Phi) is 5.37. The molecule has 2 aromatic rings. The summed E-state index contributed by atoms with van der Waals surface area (Å²) in [7, 11) is 4.69. The molecule has 1 aromatic carbocycles. The quantitative estimate of drug-likeness (QED) is 0.650. The van der Waals surface area contributed by atoms with Gasteiger partial charge in [0.2, 0.25) is 0 Å². The molecule has 116 valence electrons. The maximum Gasteiger partial charge on any atom is 0.168 e. The third kappa shape index (κ3) is 3.76. The lowest BCUT2D eigenvalue weighted by atomic mass is 10.2. The fourth-order valence-corrected chi connectivity index (χ4v) is 1.80. The first-order chi connectivity index (χ1) is 10.7. The molecule has 1 aromatic heterocycles. The number of ether oxygens (including phenoxy) is 3. The smallest absolute Gasteiger partial charge is 0.168 e. The summed E-state index contributed by atoms with van der Waals surface area (Å²) in [5.41, 5.74) is 3.46. The zero-order valence-electron chi connectivity index (χ0n) is 12.3. The normalized spacial score (nSPS) is 10.5. The van der Waals surface area contributed by atoms with Gasteiger partial charge in [0, 0.05) is 11.6 Å². The Balaban J connectivity index is 2.20. The highest BCUT2D eigenvalue weighted by molar-refractivity contribution is 6.29. The Morgan fingerprint density at radius 1 is 1.00 bits per heavy atom. The van der Waals surface area contributed by atoms with E-state index in [9.17, 15) is 0 Å². The monoisotopic (exact) mass is 322 g/mol. The van der Waals surface area contributed by atoms with E-state index in [1.807, 2.05) is 0 Å². The van der Waals surface area contributed by atoms with Crippen LogP contribution in [0.3, 0.4) is 0 Å². The van der Waals surface area contributed by atoms with E-state index in [0.717, 1.165) is 5.56 Å². The number of hydrogen-bond acceptors (Lipinski definition) is 7. The van der Waals surface area contributed by atoms with Gasteiger partial charge in [0.15, 0.2) is 22.5 Å². The van der Waals surface area contributed by atoms with Crippen molar-refractivity contribution in [2.45, 2.75) is 0 Å². The molecule has 0 spiro atoms. The summed E-state index contributed by atoms with van der Waals surface area (Å²) in [4.78, 5) is 0. The van der Waals surface area contributed by atoms with E-state index in [1.165, 1.54) is 0 Å². The molecule has 1 heterocycles. The van der Waals surface area contributed by atoms with Crippen molar-refractivity contribution in [3.63, 3.8) is 0 Å². The standard InChI is InChI=1S/C14H15ClN4O3/c1-20-10-7-12(22-3)11(21-2)6-9(10)8-16-18-14-5-4-13(15)17-19-14/h4-8H,1-3H3,(H,18,19). The first-order valence-electron chi connectivity index (χ1n) is 6.26. The molecule has 0 atom stereocenters. The molecule has 0 fully saturated rings. The van der Waals surface area contributed by atoms with Gasteiger partial charge in [0.1, 0.15) is 5.75 Å². The minimum Gasteiger partial charge on any atom is -0.496 e. The molecule has 0 aliphatic carbocycles. The molecule has 8 heteroatoms. The fraction of sp³-hybridized carbons (Fsp3) is 0.214. The number of hydrazone groups is 1. The molecule has 0 amide bonds. The van der Waals surface area contributed by atoms with Crippen LogP contribution in [0.2, 0.25) is 5.15 Å². The van der Waals surface area contributed by atoms with E-state index < -0.39 is 0 Å². The second kappa shape index (κ2) is 7.46. The van der Waals surface area contributed by atoms with Gasteiger partial charge in [-0.05, 0) is 18.2 Å². The van der Waals surface area contributed by atoms with Gasteiger partial charge < -0.3 is 14.2 Å². The van der Waals surface area contributed by atoms with Crippen LogP contribution in [0.15, 0.2) is 29.4 Å². The zero-order valence-corrected chi connectivity index (χ0v) is 13.1. The number of halogens is 1. The van der Waals surface area contributed by atoms with Gasteiger partial charge in [-0.15, -0.1) is 10.2 Å². The van der Waals surface area contributed by atoms with Crippen molar-refractivity contribution in [3.05, 3.63) is 35.0 Å². The number of nitrogens with zero attached hydrogens (tertiary/aromatic N) is 3. The maximum atomic E-state index is 5.66. The molecular formula is C14H15ClN4O3. The minimum absolute atomic E-state index is 0.316. The van der Waals surface area contributed by atoms with Crippen LogP contribution in [0, 0.1) is 0 Å². The van der Waals surface area contributed by atoms with Crippen LogP contribution in [-0.2, 0) is 0 Å². The first-order valence-corrected chi connectivity index (χ1v) is 6.64. The number of aromatic nitrogens is 2. The van der Waals surface area contributed by atoms with Gasteiger partial charge in [0.25, 0.3) is 0 Å². The van der Waals surface area contributed by atoms with E-state index >= 15 is 0 Å². The highest BCUT2D eigenvalue weighted by atomic mass is 35.5. The Labute approximate surface area is 132 Å². The zero-order chi connectivity index (χ0) is 15.9. The Bertz CT molecular complexity index is 662. The van der Waals surface area contributed by atoms with Crippen molar-refractivity contribution in [2.75, 3.05) is 26.8 Å². The largest absolute Gasteiger partial charge is 0.496 e. The van der Waals surface area contributed by atoms with Crippen molar-refractivity contribution in [1.82, 2.24) is 10.2 Å². The summed E-state index contributed by atoms with van der Waals surface area (Å²) in [5.74, 6) is 2.23. The second-order valence-corrected chi connectivity index (χ2v) is 4.45. The van der Waals surface area contributed by atoms with Crippen LogP contribution in [0.4, 0.5) is 5.82 Å². The lowest BCUT2D eigenvalue weighted by molar-refractivity contribution is 0.349. The molecule has 1 N–H and O–H groups in total. The van der Waals surface area contributed by atoms with Crippen LogP contribution < -0.4 is 19.6 Å². The average Bonchev–Trinajstić information content (AvgIpc) is 2.56. The SMILES string of the molecule is COc1cc(OC)c(OC)cc1C=NNc1ccc(Cl)nn1. The van der Waals surface area contributed by atoms with E-state index in [2.05, 4.69) is 20.7 Å². The van der Waals surface area contributed by atoms with Gasteiger partial charge in [0.05, 0.1) is 27.5 Å². The molecule has 0 saturated carbocycles.